The molecule has 2 aromatic rings. The van der Waals surface area contributed by atoms with Crippen molar-refractivity contribution in [3.63, 3.8) is 0 Å². The van der Waals surface area contributed by atoms with Crippen LogP contribution in [0.25, 0.3) is 0 Å². The zero-order chi connectivity index (χ0) is 14.2. The summed E-state index contributed by atoms with van der Waals surface area (Å²) in [4.78, 5) is 4.70. The number of rotatable bonds is 2. The zero-order valence-corrected chi connectivity index (χ0v) is 12.4. The molecule has 1 aliphatic heterocycles. The molecule has 3 unspecified atom stereocenters. The number of fused-ring (bicyclic) bond motifs is 1. The number of nitrogens with one attached hydrogen (secondary N) is 1. The maximum atomic E-state index is 5.54. The van der Waals surface area contributed by atoms with Crippen LogP contribution in [0.1, 0.15) is 54.6 Å². The van der Waals surface area contributed by atoms with Crippen molar-refractivity contribution in [2.45, 2.75) is 44.6 Å². The Labute approximate surface area is 124 Å². The quantitative estimate of drug-likeness (QED) is 0.920. The molecule has 1 aromatic carbocycles. The lowest BCUT2D eigenvalue weighted by Crippen LogP contribution is -2.17. The predicted octanol–water partition coefficient (Wildman–Crippen LogP) is 3.01. The highest BCUT2D eigenvalue weighted by atomic mass is 16.5. The number of hydrogen-bond acceptors (Lipinski definition) is 4. The molecule has 110 valence electrons. The maximum absolute atomic E-state index is 5.54. The molecule has 2 heterocycles. The first-order valence-electron chi connectivity index (χ1n) is 7.95. The van der Waals surface area contributed by atoms with E-state index in [4.69, 9.17) is 9.51 Å². The van der Waals surface area contributed by atoms with E-state index in [0.29, 0.717) is 11.8 Å². The van der Waals surface area contributed by atoms with Crippen molar-refractivity contribution in [3.8, 4) is 0 Å². The van der Waals surface area contributed by atoms with Crippen LogP contribution >= 0.6 is 0 Å². The minimum absolute atomic E-state index is 0.238. The first-order chi connectivity index (χ1) is 10.3. The van der Waals surface area contributed by atoms with E-state index >= 15 is 0 Å². The first-order valence-corrected chi connectivity index (χ1v) is 7.95. The highest BCUT2D eigenvalue weighted by Gasteiger charge is 2.31. The molecule has 4 nitrogen and oxygen atoms in total. The highest BCUT2D eigenvalue weighted by molar-refractivity contribution is 5.31. The maximum Gasteiger partial charge on any atom is 0.244 e. The van der Waals surface area contributed by atoms with E-state index in [0.717, 1.165) is 37.5 Å². The van der Waals surface area contributed by atoms with E-state index in [9.17, 15) is 0 Å². The molecule has 0 radical (unpaired) electrons. The monoisotopic (exact) mass is 283 g/mol. The molecule has 2 aliphatic rings. The minimum Gasteiger partial charge on any atom is -0.338 e. The van der Waals surface area contributed by atoms with Crippen molar-refractivity contribution in [1.29, 1.82) is 0 Å². The van der Waals surface area contributed by atoms with E-state index in [1.165, 1.54) is 17.5 Å². The van der Waals surface area contributed by atoms with Gasteiger partial charge in [0.2, 0.25) is 5.89 Å². The van der Waals surface area contributed by atoms with Gasteiger partial charge in [0.15, 0.2) is 5.82 Å². The summed E-state index contributed by atoms with van der Waals surface area (Å²) in [6, 6.07) is 8.94. The fourth-order valence-corrected chi connectivity index (χ4v) is 3.62. The van der Waals surface area contributed by atoms with Crippen molar-refractivity contribution in [2.75, 3.05) is 6.54 Å². The largest absolute Gasteiger partial charge is 0.338 e. The zero-order valence-electron chi connectivity index (χ0n) is 12.4. The van der Waals surface area contributed by atoms with Crippen LogP contribution in [-0.4, -0.2) is 16.7 Å². The van der Waals surface area contributed by atoms with E-state index < -0.39 is 0 Å². The van der Waals surface area contributed by atoms with Crippen LogP contribution in [0.5, 0.6) is 0 Å². The van der Waals surface area contributed by atoms with Gasteiger partial charge in [-0.2, -0.15) is 4.98 Å². The van der Waals surface area contributed by atoms with Gasteiger partial charge in [0, 0.05) is 5.92 Å². The van der Waals surface area contributed by atoms with Gasteiger partial charge in [-0.05, 0) is 49.3 Å². The molecule has 1 N–H and O–H groups in total. The van der Waals surface area contributed by atoms with Crippen molar-refractivity contribution in [1.82, 2.24) is 15.5 Å². The Kier molecular flexibility index (Phi) is 3.26. The van der Waals surface area contributed by atoms with Crippen LogP contribution < -0.4 is 5.32 Å². The Balaban J connectivity index is 1.54. The van der Waals surface area contributed by atoms with Gasteiger partial charge in [-0.25, -0.2) is 0 Å². The molecule has 0 saturated carbocycles. The van der Waals surface area contributed by atoms with E-state index in [2.05, 4.69) is 41.7 Å². The summed E-state index contributed by atoms with van der Waals surface area (Å²) in [6.07, 6.45) is 4.44. The molecule has 1 fully saturated rings. The minimum atomic E-state index is 0.238. The van der Waals surface area contributed by atoms with Crippen molar-refractivity contribution in [2.24, 2.45) is 5.92 Å². The number of benzene rings is 1. The lowest BCUT2D eigenvalue weighted by Gasteiger charge is -2.21. The third-order valence-corrected chi connectivity index (χ3v) is 4.97. The lowest BCUT2D eigenvalue weighted by molar-refractivity contribution is 0.314. The lowest BCUT2D eigenvalue weighted by atomic mass is 9.83. The van der Waals surface area contributed by atoms with Crippen LogP contribution in [0.3, 0.4) is 0 Å². The molecule has 1 saturated heterocycles. The summed E-state index contributed by atoms with van der Waals surface area (Å²) in [5, 5.41) is 7.72. The van der Waals surface area contributed by atoms with E-state index in [1.54, 1.807) is 0 Å². The number of nitrogens with zero attached hydrogens (tertiary/aromatic N) is 2. The molecular formula is C17H21N3O. The summed E-state index contributed by atoms with van der Waals surface area (Å²) < 4.78 is 5.54. The predicted molar refractivity (Wildman–Crippen MR) is 80.0 cm³/mol. The van der Waals surface area contributed by atoms with Gasteiger partial charge in [0.25, 0.3) is 0 Å². The molecular weight excluding hydrogens is 262 g/mol. The third-order valence-electron chi connectivity index (χ3n) is 4.97. The SMILES string of the molecule is CC1CCNC1c1nc(C2CCc3ccccc3C2)no1. The van der Waals surface area contributed by atoms with Gasteiger partial charge >= 0.3 is 0 Å². The standard InChI is InChI=1S/C17H21N3O/c1-11-8-9-18-15(11)17-19-16(20-21-17)14-7-6-12-4-2-3-5-13(12)10-14/h2-5,11,14-15,18H,6-10H2,1H3. The van der Waals surface area contributed by atoms with Crippen LogP contribution in [0, 0.1) is 5.92 Å². The first kappa shape index (κ1) is 13.0. The fraction of sp³-hybridized carbons (Fsp3) is 0.529. The van der Waals surface area contributed by atoms with Crippen LogP contribution in [0.15, 0.2) is 28.8 Å². The topological polar surface area (TPSA) is 51.0 Å². The van der Waals surface area contributed by atoms with E-state index in [-0.39, 0.29) is 6.04 Å². The molecule has 21 heavy (non-hydrogen) atoms. The Morgan fingerprint density at radius 2 is 2.05 bits per heavy atom. The average molecular weight is 283 g/mol. The van der Waals surface area contributed by atoms with Gasteiger partial charge in [-0.3, -0.25) is 0 Å². The average Bonchev–Trinajstić information content (AvgIpc) is 3.15. The number of hydrogen-bond donors (Lipinski definition) is 1. The van der Waals surface area contributed by atoms with Gasteiger partial charge in [-0.1, -0.05) is 36.3 Å². The molecule has 0 amide bonds. The van der Waals surface area contributed by atoms with Gasteiger partial charge in [0.1, 0.15) is 0 Å². The second-order valence-electron chi connectivity index (χ2n) is 6.40. The normalized spacial score (nSPS) is 28.5. The second-order valence-corrected chi connectivity index (χ2v) is 6.40. The van der Waals surface area contributed by atoms with E-state index in [1.807, 2.05) is 0 Å². The van der Waals surface area contributed by atoms with Crippen molar-refractivity contribution in [3.05, 3.63) is 47.1 Å². The summed E-state index contributed by atoms with van der Waals surface area (Å²) in [7, 11) is 0. The fourth-order valence-electron chi connectivity index (χ4n) is 3.62. The summed E-state index contributed by atoms with van der Waals surface area (Å²) in [5.41, 5.74) is 2.91. The number of aryl methyl sites for hydroxylation is 1. The Bertz CT molecular complexity index is 636. The van der Waals surface area contributed by atoms with Gasteiger partial charge < -0.3 is 9.84 Å². The van der Waals surface area contributed by atoms with Crippen molar-refractivity contribution >= 4 is 0 Å². The molecule has 0 bridgehead atoms. The van der Waals surface area contributed by atoms with Crippen LogP contribution in [0.4, 0.5) is 0 Å². The molecule has 4 rings (SSSR count). The highest BCUT2D eigenvalue weighted by Crippen LogP contribution is 2.33. The summed E-state index contributed by atoms with van der Waals surface area (Å²) >= 11 is 0. The summed E-state index contributed by atoms with van der Waals surface area (Å²) in [5.74, 6) is 2.63. The Morgan fingerprint density at radius 1 is 1.19 bits per heavy atom. The summed E-state index contributed by atoms with van der Waals surface area (Å²) in [6.45, 7) is 3.28. The van der Waals surface area contributed by atoms with Gasteiger partial charge in [0.05, 0.1) is 6.04 Å². The number of aromatic nitrogens is 2. The third kappa shape index (κ3) is 2.38. The van der Waals surface area contributed by atoms with Gasteiger partial charge in [-0.15, -0.1) is 0 Å². The Morgan fingerprint density at radius 3 is 2.86 bits per heavy atom. The molecule has 3 atom stereocenters. The molecule has 1 aromatic heterocycles. The van der Waals surface area contributed by atoms with Crippen LogP contribution in [-0.2, 0) is 12.8 Å². The van der Waals surface area contributed by atoms with Crippen molar-refractivity contribution < 1.29 is 4.52 Å². The Hall–Kier alpha value is -1.68. The molecule has 0 spiro atoms. The van der Waals surface area contributed by atoms with Crippen LogP contribution in [0.2, 0.25) is 0 Å². The second kappa shape index (κ2) is 5.26. The molecule has 4 heteroatoms. The smallest absolute Gasteiger partial charge is 0.244 e. The molecule has 1 aliphatic carbocycles.